The van der Waals surface area contributed by atoms with E-state index in [0.29, 0.717) is 34.1 Å². The van der Waals surface area contributed by atoms with E-state index in [-0.39, 0.29) is 18.3 Å². The third-order valence-electron chi connectivity index (χ3n) is 4.40. The number of rotatable bonds is 9. The Kier molecular flexibility index (Phi) is 7.96. The van der Waals surface area contributed by atoms with Crippen LogP contribution in [-0.4, -0.2) is 38.9 Å². The van der Waals surface area contributed by atoms with Gasteiger partial charge in [0.15, 0.2) is 18.1 Å². The SMILES string of the molecule is COc1ccc(C(=O)N/N=C/c2ccc(OCC(=O)Nc3ccc(F)cc3)cc2)cc1OC. The summed E-state index contributed by atoms with van der Waals surface area (Å²) in [6, 6.07) is 17.0. The summed E-state index contributed by atoms with van der Waals surface area (Å²) < 4.78 is 28.7. The number of hydrogen-bond donors (Lipinski definition) is 2. The molecule has 170 valence electrons. The van der Waals surface area contributed by atoms with Crippen molar-refractivity contribution < 1.29 is 28.2 Å². The van der Waals surface area contributed by atoms with E-state index in [0.717, 1.165) is 0 Å². The summed E-state index contributed by atoms with van der Waals surface area (Å²) in [5, 5.41) is 6.55. The maximum atomic E-state index is 12.9. The highest BCUT2D eigenvalue weighted by atomic mass is 19.1. The molecule has 2 amide bonds. The van der Waals surface area contributed by atoms with Crippen molar-refractivity contribution >= 4 is 23.7 Å². The Balaban J connectivity index is 1.48. The van der Waals surface area contributed by atoms with Crippen LogP contribution in [0.2, 0.25) is 0 Å². The summed E-state index contributed by atoms with van der Waals surface area (Å²) in [5.74, 6) is 0.289. The van der Waals surface area contributed by atoms with Crippen molar-refractivity contribution in [1.82, 2.24) is 5.43 Å². The molecule has 0 saturated heterocycles. The van der Waals surface area contributed by atoms with E-state index in [2.05, 4.69) is 15.8 Å². The van der Waals surface area contributed by atoms with E-state index < -0.39 is 5.91 Å². The van der Waals surface area contributed by atoms with Gasteiger partial charge in [0.2, 0.25) is 0 Å². The minimum absolute atomic E-state index is 0.202. The molecule has 0 aliphatic carbocycles. The molecule has 3 aromatic rings. The molecular formula is C24H22FN3O5. The fourth-order valence-corrected chi connectivity index (χ4v) is 2.74. The van der Waals surface area contributed by atoms with Crippen LogP contribution in [0.1, 0.15) is 15.9 Å². The average Bonchev–Trinajstić information content (AvgIpc) is 2.84. The van der Waals surface area contributed by atoms with Gasteiger partial charge < -0.3 is 19.5 Å². The van der Waals surface area contributed by atoms with Crippen molar-refractivity contribution in [3.63, 3.8) is 0 Å². The van der Waals surface area contributed by atoms with Crippen LogP contribution in [0.25, 0.3) is 0 Å². The minimum atomic E-state index is -0.403. The molecular weight excluding hydrogens is 429 g/mol. The zero-order chi connectivity index (χ0) is 23.6. The normalized spacial score (nSPS) is 10.5. The predicted molar refractivity (Wildman–Crippen MR) is 122 cm³/mol. The van der Waals surface area contributed by atoms with E-state index in [1.165, 1.54) is 44.7 Å². The number of hydrogen-bond acceptors (Lipinski definition) is 6. The first-order valence-corrected chi connectivity index (χ1v) is 9.82. The lowest BCUT2D eigenvalue weighted by molar-refractivity contribution is -0.118. The predicted octanol–water partition coefficient (Wildman–Crippen LogP) is 3.62. The third-order valence-corrected chi connectivity index (χ3v) is 4.40. The molecule has 0 spiro atoms. The first-order chi connectivity index (χ1) is 16.0. The Hall–Kier alpha value is -4.40. The molecule has 2 N–H and O–H groups in total. The van der Waals surface area contributed by atoms with Crippen molar-refractivity contribution in [2.45, 2.75) is 0 Å². The molecule has 0 saturated carbocycles. The highest BCUT2D eigenvalue weighted by molar-refractivity contribution is 5.95. The lowest BCUT2D eigenvalue weighted by Gasteiger charge is -2.08. The molecule has 0 fully saturated rings. The standard InChI is InChI=1S/C24H22FN3O5/c1-31-21-12-5-17(13-22(21)32-2)24(30)28-26-14-16-3-10-20(11-4-16)33-15-23(29)27-19-8-6-18(25)7-9-19/h3-14H,15H2,1-2H3,(H,27,29)(H,28,30)/b26-14+. The highest BCUT2D eigenvalue weighted by Gasteiger charge is 2.10. The number of benzene rings is 3. The van der Waals surface area contributed by atoms with E-state index in [9.17, 15) is 14.0 Å². The van der Waals surface area contributed by atoms with Gasteiger partial charge >= 0.3 is 0 Å². The van der Waals surface area contributed by atoms with E-state index in [1.54, 1.807) is 42.5 Å². The van der Waals surface area contributed by atoms with Crippen molar-refractivity contribution in [1.29, 1.82) is 0 Å². The Labute approximate surface area is 190 Å². The van der Waals surface area contributed by atoms with Gasteiger partial charge in [0.25, 0.3) is 11.8 Å². The molecule has 0 heterocycles. The van der Waals surface area contributed by atoms with Gasteiger partial charge in [-0.2, -0.15) is 5.10 Å². The molecule has 0 aromatic heterocycles. The largest absolute Gasteiger partial charge is 0.493 e. The van der Waals surface area contributed by atoms with E-state index in [4.69, 9.17) is 14.2 Å². The molecule has 3 rings (SSSR count). The third kappa shape index (κ3) is 6.79. The Morgan fingerprint density at radius 2 is 1.64 bits per heavy atom. The molecule has 0 bridgehead atoms. The van der Waals surface area contributed by atoms with Gasteiger partial charge in [-0.15, -0.1) is 0 Å². The highest BCUT2D eigenvalue weighted by Crippen LogP contribution is 2.27. The molecule has 0 aliphatic heterocycles. The zero-order valence-electron chi connectivity index (χ0n) is 18.0. The number of anilines is 1. The van der Waals surface area contributed by atoms with Crippen LogP contribution in [0.5, 0.6) is 17.2 Å². The summed E-state index contributed by atoms with van der Waals surface area (Å²) >= 11 is 0. The first kappa shape index (κ1) is 23.3. The molecule has 33 heavy (non-hydrogen) atoms. The van der Waals surface area contributed by atoms with Gasteiger partial charge in [-0.25, -0.2) is 9.82 Å². The number of methoxy groups -OCH3 is 2. The molecule has 0 radical (unpaired) electrons. The number of nitrogens with one attached hydrogen (secondary N) is 2. The van der Waals surface area contributed by atoms with Gasteiger partial charge in [0, 0.05) is 11.3 Å². The number of nitrogens with zero attached hydrogens (tertiary/aromatic N) is 1. The van der Waals surface area contributed by atoms with Crippen LogP contribution < -0.4 is 25.0 Å². The van der Waals surface area contributed by atoms with Crippen LogP contribution >= 0.6 is 0 Å². The number of ether oxygens (including phenoxy) is 3. The second kappa shape index (κ2) is 11.3. The van der Waals surface area contributed by atoms with Gasteiger partial charge in [0.1, 0.15) is 11.6 Å². The van der Waals surface area contributed by atoms with Crippen LogP contribution in [-0.2, 0) is 4.79 Å². The summed E-state index contributed by atoms with van der Waals surface area (Å²) in [7, 11) is 3.00. The Morgan fingerprint density at radius 1 is 0.939 bits per heavy atom. The molecule has 3 aromatic carbocycles. The van der Waals surface area contributed by atoms with Gasteiger partial charge in [0.05, 0.1) is 20.4 Å². The molecule has 8 nitrogen and oxygen atoms in total. The fraction of sp³-hybridized carbons (Fsp3) is 0.125. The summed E-state index contributed by atoms with van der Waals surface area (Å²) in [6.07, 6.45) is 1.48. The Morgan fingerprint density at radius 3 is 2.30 bits per heavy atom. The van der Waals surface area contributed by atoms with Crippen LogP contribution in [0.15, 0.2) is 71.8 Å². The maximum Gasteiger partial charge on any atom is 0.271 e. The summed E-state index contributed by atoms with van der Waals surface area (Å²) in [6.45, 7) is -0.202. The second-order valence-electron chi connectivity index (χ2n) is 6.68. The van der Waals surface area contributed by atoms with Crippen LogP contribution in [0.3, 0.4) is 0 Å². The molecule has 0 atom stereocenters. The lowest BCUT2D eigenvalue weighted by atomic mass is 10.2. The van der Waals surface area contributed by atoms with Crippen LogP contribution in [0.4, 0.5) is 10.1 Å². The Bertz CT molecular complexity index is 1130. The fourth-order valence-electron chi connectivity index (χ4n) is 2.74. The number of amides is 2. The van der Waals surface area contributed by atoms with Crippen molar-refractivity contribution in [2.75, 3.05) is 26.1 Å². The van der Waals surface area contributed by atoms with Crippen LogP contribution in [0, 0.1) is 5.82 Å². The summed E-state index contributed by atoms with van der Waals surface area (Å²) in [5.41, 5.74) is 4.00. The zero-order valence-corrected chi connectivity index (χ0v) is 18.0. The van der Waals surface area contributed by atoms with Gasteiger partial charge in [-0.3, -0.25) is 9.59 Å². The number of carbonyl (C=O) groups is 2. The van der Waals surface area contributed by atoms with Crippen molar-refractivity contribution in [3.05, 3.63) is 83.7 Å². The van der Waals surface area contributed by atoms with E-state index >= 15 is 0 Å². The quantitative estimate of drug-likeness (QED) is 0.383. The number of halogens is 1. The number of carbonyl (C=O) groups excluding carboxylic acids is 2. The second-order valence-corrected chi connectivity index (χ2v) is 6.68. The first-order valence-electron chi connectivity index (χ1n) is 9.82. The number of hydrazone groups is 1. The maximum absolute atomic E-state index is 12.9. The lowest BCUT2D eigenvalue weighted by Crippen LogP contribution is -2.20. The average molecular weight is 451 g/mol. The smallest absolute Gasteiger partial charge is 0.271 e. The van der Waals surface area contributed by atoms with Gasteiger partial charge in [-0.05, 0) is 72.3 Å². The molecule has 0 aliphatic rings. The monoisotopic (exact) mass is 451 g/mol. The van der Waals surface area contributed by atoms with Crippen molar-refractivity contribution in [3.8, 4) is 17.2 Å². The van der Waals surface area contributed by atoms with E-state index in [1.807, 2.05) is 0 Å². The molecule has 0 unspecified atom stereocenters. The van der Waals surface area contributed by atoms with Crippen molar-refractivity contribution in [2.24, 2.45) is 5.10 Å². The summed E-state index contributed by atoms with van der Waals surface area (Å²) in [4.78, 5) is 24.2. The topological polar surface area (TPSA) is 98.3 Å². The minimum Gasteiger partial charge on any atom is -0.493 e. The van der Waals surface area contributed by atoms with Gasteiger partial charge in [-0.1, -0.05) is 0 Å². The molecule has 9 heteroatoms.